The van der Waals surface area contributed by atoms with Gasteiger partial charge >= 0.3 is 6.18 Å². The zero-order valence-electron chi connectivity index (χ0n) is 15.4. The molecular formula is C21H17F3N2O3. The molecule has 1 amide bonds. The second-order valence-corrected chi connectivity index (χ2v) is 5.71. The molecule has 0 saturated heterocycles. The van der Waals surface area contributed by atoms with Gasteiger partial charge in [0.15, 0.2) is 0 Å². The molecule has 0 fully saturated rings. The molecule has 0 spiro atoms. The van der Waals surface area contributed by atoms with E-state index in [4.69, 9.17) is 9.47 Å². The summed E-state index contributed by atoms with van der Waals surface area (Å²) in [5, 5.41) is 11.6. The second-order valence-electron chi connectivity index (χ2n) is 5.71. The average molecular weight is 402 g/mol. The highest BCUT2D eigenvalue weighted by Crippen LogP contribution is 2.31. The molecule has 150 valence electrons. The number of ether oxygens (including phenoxy) is 2. The van der Waals surface area contributed by atoms with Gasteiger partial charge in [-0.25, -0.2) is 0 Å². The topological polar surface area (TPSA) is 71.3 Å². The summed E-state index contributed by atoms with van der Waals surface area (Å²) in [5.74, 6) is 0.00863. The lowest BCUT2D eigenvalue weighted by molar-refractivity contribution is -0.137. The number of carbonyl (C=O) groups is 1. The van der Waals surface area contributed by atoms with E-state index in [1.54, 1.807) is 24.3 Å². The number of halogens is 3. The quantitative estimate of drug-likeness (QED) is 0.409. The summed E-state index contributed by atoms with van der Waals surface area (Å²) in [6.07, 6.45) is -1.74. The van der Waals surface area contributed by atoms with Crippen LogP contribution in [0.5, 0.6) is 11.5 Å². The second kappa shape index (κ2) is 9.46. The van der Waals surface area contributed by atoms with Gasteiger partial charge in [-0.05, 0) is 36.4 Å². The number of carbonyl (C=O) groups excluding carboxylic acids is 1. The Bertz CT molecular complexity index is 976. The van der Waals surface area contributed by atoms with Crippen molar-refractivity contribution >= 4 is 17.7 Å². The molecule has 0 aromatic heterocycles. The van der Waals surface area contributed by atoms with Crippen LogP contribution in [0.3, 0.4) is 0 Å². The molecule has 29 heavy (non-hydrogen) atoms. The Hall–Kier alpha value is -3.73. The number of amides is 1. The van der Waals surface area contributed by atoms with E-state index in [0.717, 1.165) is 12.1 Å². The molecule has 0 saturated carbocycles. The third kappa shape index (κ3) is 5.87. The number of nitrogens with one attached hydrogen (secondary N) is 1. The molecule has 2 rings (SSSR count). The summed E-state index contributed by atoms with van der Waals surface area (Å²) in [6, 6.07) is 10.7. The van der Waals surface area contributed by atoms with Gasteiger partial charge < -0.3 is 14.8 Å². The Kier molecular flexibility index (Phi) is 7.04. The number of anilines is 1. The molecular weight excluding hydrogens is 385 g/mol. The van der Waals surface area contributed by atoms with Crippen LogP contribution in [0.15, 0.2) is 60.7 Å². The Morgan fingerprint density at radius 1 is 1.28 bits per heavy atom. The average Bonchev–Trinajstić information content (AvgIpc) is 2.70. The molecule has 0 bridgehead atoms. The Morgan fingerprint density at radius 2 is 2.03 bits per heavy atom. The molecule has 0 unspecified atom stereocenters. The zero-order valence-corrected chi connectivity index (χ0v) is 15.4. The van der Waals surface area contributed by atoms with Gasteiger partial charge in [-0.3, -0.25) is 4.79 Å². The van der Waals surface area contributed by atoms with Gasteiger partial charge in [-0.1, -0.05) is 18.7 Å². The fourth-order valence-electron chi connectivity index (χ4n) is 2.31. The monoisotopic (exact) mass is 402 g/mol. The third-order valence-corrected chi connectivity index (χ3v) is 3.69. The van der Waals surface area contributed by atoms with Gasteiger partial charge in [0.1, 0.15) is 29.7 Å². The number of rotatable bonds is 7. The number of alkyl halides is 3. The minimum absolute atomic E-state index is 0.0798. The van der Waals surface area contributed by atoms with Crippen molar-refractivity contribution in [1.29, 1.82) is 5.26 Å². The van der Waals surface area contributed by atoms with Gasteiger partial charge in [0.25, 0.3) is 5.91 Å². The van der Waals surface area contributed by atoms with Crippen molar-refractivity contribution in [2.45, 2.75) is 6.18 Å². The van der Waals surface area contributed by atoms with Crippen molar-refractivity contribution in [2.24, 2.45) is 0 Å². The molecule has 1 N–H and O–H groups in total. The summed E-state index contributed by atoms with van der Waals surface area (Å²) >= 11 is 0. The van der Waals surface area contributed by atoms with E-state index >= 15 is 0 Å². The fourth-order valence-corrected chi connectivity index (χ4v) is 2.31. The van der Waals surface area contributed by atoms with E-state index < -0.39 is 17.6 Å². The molecule has 0 heterocycles. The van der Waals surface area contributed by atoms with Gasteiger partial charge in [-0.2, -0.15) is 18.4 Å². The van der Waals surface area contributed by atoms with Crippen LogP contribution in [-0.4, -0.2) is 19.6 Å². The van der Waals surface area contributed by atoms with Crippen LogP contribution in [0.2, 0.25) is 0 Å². The Labute approximate surface area is 165 Å². The lowest BCUT2D eigenvalue weighted by Crippen LogP contribution is -2.14. The molecule has 2 aromatic carbocycles. The number of nitrogens with zero attached hydrogens (tertiary/aromatic N) is 1. The maximum Gasteiger partial charge on any atom is 0.416 e. The van der Waals surface area contributed by atoms with Crippen molar-refractivity contribution in [2.75, 3.05) is 19.0 Å². The van der Waals surface area contributed by atoms with Gasteiger partial charge in [0.05, 0.1) is 12.7 Å². The van der Waals surface area contributed by atoms with Crippen LogP contribution in [0.25, 0.3) is 6.08 Å². The largest absolute Gasteiger partial charge is 0.497 e. The fraction of sp³-hybridized carbons (Fsp3) is 0.143. The highest BCUT2D eigenvalue weighted by atomic mass is 19.4. The number of nitriles is 1. The van der Waals surface area contributed by atoms with E-state index in [1.807, 2.05) is 0 Å². The van der Waals surface area contributed by atoms with Crippen molar-refractivity contribution < 1.29 is 27.4 Å². The van der Waals surface area contributed by atoms with Gasteiger partial charge in [0.2, 0.25) is 0 Å². The first-order valence-electron chi connectivity index (χ1n) is 8.30. The molecule has 0 radical (unpaired) electrons. The summed E-state index contributed by atoms with van der Waals surface area (Å²) < 4.78 is 49.1. The Balaban J connectivity index is 2.31. The minimum atomic E-state index is -4.55. The smallest absolute Gasteiger partial charge is 0.416 e. The van der Waals surface area contributed by atoms with Gasteiger partial charge in [0, 0.05) is 17.3 Å². The molecule has 2 aromatic rings. The van der Waals surface area contributed by atoms with Crippen LogP contribution in [-0.2, 0) is 11.0 Å². The zero-order chi connectivity index (χ0) is 21.4. The molecule has 8 heteroatoms. The lowest BCUT2D eigenvalue weighted by Gasteiger charge is -2.11. The van der Waals surface area contributed by atoms with Crippen LogP contribution in [0, 0.1) is 11.3 Å². The third-order valence-electron chi connectivity index (χ3n) is 3.69. The van der Waals surface area contributed by atoms with E-state index in [-0.39, 0.29) is 17.9 Å². The first kappa shape index (κ1) is 21.6. The molecule has 0 atom stereocenters. The number of hydrogen-bond acceptors (Lipinski definition) is 4. The van der Waals surface area contributed by atoms with Crippen molar-refractivity contribution in [3.05, 3.63) is 71.8 Å². The van der Waals surface area contributed by atoms with Crippen LogP contribution >= 0.6 is 0 Å². The van der Waals surface area contributed by atoms with E-state index in [1.165, 1.54) is 31.4 Å². The summed E-state index contributed by atoms with van der Waals surface area (Å²) in [6.45, 7) is 3.74. The number of methoxy groups -OCH3 is 1. The van der Waals surface area contributed by atoms with Gasteiger partial charge in [-0.15, -0.1) is 0 Å². The highest BCUT2D eigenvalue weighted by Gasteiger charge is 2.30. The van der Waals surface area contributed by atoms with Crippen molar-refractivity contribution in [3.63, 3.8) is 0 Å². The van der Waals surface area contributed by atoms with E-state index in [9.17, 15) is 23.2 Å². The first-order chi connectivity index (χ1) is 13.8. The standard InChI is InChI=1S/C21H17F3N2O3/c1-3-9-29-19-12-18(28-2)8-7-14(19)10-15(13-25)20(27)26-17-6-4-5-16(11-17)21(22,23)24/h3-8,10-12H,1,9H2,2H3,(H,26,27)/b15-10+. The SMILES string of the molecule is C=CCOc1cc(OC)ccc1/C=C(\C#N)C(=O)Nc1cccc(C(F)(F)F)c1. The molecule has 5 nitrogen and oxygen atoms in total. The van der Waals surface area contributed by atoms with E-state index in [2.05, 4.69) is 11.9 Å². The predicted octanol–water partition coefficient (Wildman–Crippen LogP) is 4.82. The molecule has 0 aliphatic carbocycles. The summed E-state index contributed by atoms with van der Waals surface area (Å²) in [4.78, 5) is 12.4. The van der Waals surface area contributed by atoms with Crippen LogP contribution < -0.4 is 14.8 Å². The van der Waals surface area contributed by atoms with Crippen LogP contribution in [0.1, 0.15) is 11.1 Å². The maximum atomic E-state index is 12.8. The normalized spacial score (nSPS) is 11.3. The maximum absolute atomic E-state index is 12.8. The van der Waals surface area contributed by atoms with E-state index in [0.29, 0.717) is 17.1 Å². The van der Waals surface area contributed by atoms with Crippen molar-refractivity contribution in [3.8, 4) is 17.6 Å². The van der Waals surface area contributed by atoms with Crippen molar-refractivity contribution in [1.82, 2.24) is 0 Å². The van der Waals surface area contributed by atoms with Crippen LogP contribution in [0.4, 0.5) is 18.9 Å². The summed E-state index contributed by atoms with van der Waals surface area (Å²) in [7, 11) is 1.48. The minimum Gasteiger partial charge on any atom is -0.497 e. The molecule has 0 aliphatic heterocycles. The summed E-state index contributed by atoms with van der Waals surface area (Å²) in [5.41, 5.74) is -0.878. The highest BCUT2D eigenvalue weighted by molar-refractivity contribution is 6.09. The first-order valence-corrected chi connectivity index (χ1v) is 8.30. The number of benzene rings is 2. The molecule has 0 aliphatic rings. The predicted molar refractivity (Wildman–Crippen MR) is 102 cm³/mol. The number of hydrogen-bond donors (Lipinski definition) is 1. The lowest BCUT2D eigenvalue weighted by atomic mass is 10.1. The Morgan fingerprint density at radius 3 is 2.66 bits per heavy atom.